The van der Waals surface area contributed by atoms with Gasteiger partial charge in [-0.1, -0.05) is 48.5 Å². The molecule has 1 aliphatic heterocycles. The van der Waals surface area contributed by atoms with Crippen LogP contribution in [-0.4, -0.2) is 38.8 Å². The first-order chi connectivity index (χ1) is 14.8. The van der Waals surface area contributed by atoms with Gasteiger partial charge in [0.05, 0.1) is 7.11 Å². The molecule has 5 nitrogen and oxygen atoms in total. The Morgan fingerprint density at radius 1 is 0.967 bits per heavy atom. The summed E-state index contributed by atoms with van der Waals surface area (Å²) in [6.45, 7) is 2.40. The van der Waals surface area contributed by atoms with E-state index in [1.165, 1.54) is 5.56 Å². The minimum Gasteiger partial charge on any atom is -0.497 e. The lowest BCUT2D eigenvalue weighted by atomic mass is 9.98. The highest BCUT2D eigenvalue weighted by Gasteiger charge is 2.28. The van der Waals surface area contributed by atoms with Gasteiger partial charge in [-0.15, -0.1) is 0 Å². The van der Waals surface area contributed by atoms with Gasteiger partial charge in [0.2, 0.25) is 0 Å². The summed E-state index contributed by atoms with van der Waals surface area (Å²) in [6, 6.07) is 25.8. The van der Waals surface area contributed by atoms with Crippen LogP contribution in [0, 0.1) is 0 Å². The molecule has 1 heterocycles. The van der Waals surface area contributed by atoms with Gasteiger partial charge >= 0.3 is 0 Å². The van der Waals surface area contributed by atoms with Crippen LogP contribution in [0.1, 0.15) is 21.5 Å². The Balaban J connectivity index is 1.69. The molecule has 1 atom stereocenters. The van der Waals surface area contributed by atoms with Gasteiger partial charge in [-0.3, -0.25) is 15.0 Å². The molecule has 1 saturated heterocycles. The van der Waals surface area contributed by atoms with E-state index in [4.69, 9.17) is 4.74 Å². The summed E-state index contributed by atoms with van der Waals surface area (Å²) in [5.74, 6) is 0.762. The number of carbonyl (C=O) groups excluding carboxylic acids is 1. The van der Waals surface area contributed by atoms with E-state index < -0.39 is 0 Å². The van der Waals surface area contributed by atoms with Crippen molar-refractivity contribution < 1.29 is 9.53 Å². The van der Waals surface area contributed by atoms with E-state index in [1.54, 1.807) is 7.11 Å². The minimum atomic E-state index is -0.121. The molecule has 154 valence electrons. The van der Waals surface area contributed by atoms with E-state index in [0.29, 0.717) is 6.54 Å². The molecule has 1 amide bonds. The topological polar surface area (TPSA) is 53.6 Å². The van der Waals surface area contributed by atoms with E-state index in [-0.39, 0.29) is 12.1 Å². The van der Waals surface area contributed by atoms with Gasteiger partial charge in [0.25, 0.3) is 5.91 Å². The summed E-state index contributed by atoms with van der Waals surface area (Å²) in [5, 5.41) is 6.86. The molecule has 3 aromatic carbocycles. The molecule has 30 heavy (non-hydrogen) atoms. The van der Waals surface area contributed by atoms with E-state index in [0.717, 1.165) is 42.1 Å². The van der Waals surface area contributed by atoms with Gasteiger partial charge in [-0.05, 0) is 47.9 Å². The summed E-state index contributed by atoms with van der Waals surface area (Å²) >= 11 is 0. The standard InChI is InChI=1S/C25H27N3O2/c1-30-22-13-11-21(12-14-22)28(24-18-26-15-16-27-24)25(29)23-10-6-5-9-20(23)17-19-7-3-2-4-8-19/h2-14,24,26-27H,15-18H2,1H3. The van der Waals surface area contributed by atoms with Crippen molar-refractivity contribution in [3.8, 4) is 5.75 Å². The van der Waals surface area contributed by atoms with Crippen LogP contribution < -0.4 is 20.3 Å². The smallest absolute Gasteiger partial charge is 0.259 e. The van der Waals surface area contributed by atoms with Crippen LogP contribution in [0.25, 0.3) is 0 Å². The fourth-order valence-electron chi connectivity index (χ4n) is 3.83. The number of benzene rings is 3. The van der Waals surface area contributed by atoms with Crippen LogP contribution >= 0.6 is 0 Å². The number of piperazine rings is 1. The highest BCUT2D eigenvalue weighted by Crippen LogP contribution is 2.25. The Morgan fingerprint density at radius 3 is 2.40 bits per heavy atom. The number of ether oxygens (including phenoxy) is 1. The van der Waals surface area contributed by atoms with Crippen molar-refractivity contribution in [2.45, 2.75) is 12.6 Å². The lowest BCUT2D eigenvalue weighted by Gasteiger charge is -2.36. The molecule has 5 heteroatoms. The van der Waals surface area contributed by atoms with Crippen LogP contribution in [-0.2, 0) is 6.42 Å². The molecule has 2 N–H and O–H groups in total. The number of amides is 1. The lowest BCUT2D eigenvalue weighted by molar-refractivity contribution is 0.0968. The van der Waals surface area contributed by atoms with Gasteiger partial charge in [0.1, 0.15) is 11.9 Å². The van der Waals surface area contributed by atoms with E-state index in [9.17, 15) is 4.79 Å². The average Bonchev–Trinajstić information content (AvgIpc) is 2.81. The highest BCUT2D eigenvalue weighted by atomic mass is 16.5. The van der Waals surface area contributed by atoms with E-state index in [2.05, 4.69) is 22.8 Å². The van der Waals surface area contributed by atoms with Crippen molar-refractivity contribution in [2.24, 2.45) is 0 Å². The van der Waals surface area contributed by atoms with Crippen LogP contribution in [0.15, 0.2) is 78.9 Å². The number of nitrogens with zero attached hydrogens (tertiary/aromatic N) is 1. The molecule has 0 aliphatic carbocycles. The largest absolute Gasteiger partial charge is 0.497 e. The van der Waals surface area contributed by atoms with Crippen molar-refractivity contribution >= 4 is 11.6 Å². The zero-order chi connectivity index (χ0) is 20.8. The third-order valence-corrected chi connectivity index (χ3v) is 5.39. The van der Waals surface area contributed by atoms with E-state index >= 15 is 0 Å². The van der Waals surface area contributed by atoms with Gasteiger partial charge in [-0.2, -0.15) is 0 Å². The number of rotatable bonds is 6. The second-order valence-corrected chi connectivity index (χ2v) is 7.37. The maximum absolute atomic E-state index is 13.8. The summed E-state index contributed by atoms with van der Waals surface area (Å²) in [7, 11) is 1.64. The number of methoxy groups -OCH3 is 1. The predicted octanol–water partition coefficient (Wildman–Crippen LogP) is 3.45. The SMILES string of the molecule is COc1ccc(N(C(=O)c2ccccc2Cc2ccccc2)C2CNCCN2)cc1. The van der Waals surface area contributed by atoms with Crippen LogP contribution in [0.5, 0.6) is 5.75 Å². The number of hydrogen-bond donors (Lipinski definition) is 2. The molecule has 0 aromatic heterocycles. The third kappa shape index (κ3) is 4.53. The van der Waals surface area contributed by atoms with Crippen molar-refractivity contribution in [1.82, 2.24) is 10.6 Å². The number of carbonyl (C=O) groups is 1. The summed E-state index contributed by atoms with van der Waals surface area (Å²) in [5.41, 5.74) is 3.78. The Morgan fingerprint density at radius 2 is 1.70 bits per heavy atom. The first kappa shape index (κ1) is 20.1. The van der Waals surface area contributed by atoms with Gasteiger partial charge < -0.3 is 10.1 Å². The zero-order valence-electron chi connectivity index (χ0n) is 17.2. The van der Waals surface area contributed by atoms with Crippen molar-refractivity contribution in [3.05, 3.63) is 95.6 Å². The molecule has 0 saturated carbocycles. The molecule has 1 fully saturated rings. The second kappa shape index (κ2) is 9.57. The van der Waals surface area contributed by atoms with Gasteiger partial charge in [-0.25, -0.2) is 0 Å². The Bertz CT molecular complexity index is 967. The Hall–Kier alpha value is -3.15. The van der Waals surface area contributed by atoms with Gasteiger partial charge in [0.15, 0.2) is 0 Å². The minimum absolute atomic E-state index is 0.00658. The predicted molar refractivity (Wildman–Crippen MR) is 120 cm³/mol. The molecular weight excluding hydrogens is 374 g/mol. The molecule has 0 bridgehead atoms. The van der Waals surface area contributed by atoms with Crippen LogP contribution in [0.4, 0.5) is 5.69 Å². The number of anilines is 1. The maximum Gasteiger partial charge on any atom is 0.259 e. The fourth-order valence-corrected chi connectivity index (χ4v) is 3.83. The Labute approximate surface area is 177 Å². The molecule has 0 spiro atoms. The number of nitrogens with one attached hydrogen (secondary N) is 2. The normalized spacial score (nSPS) is 16.1. The zero-order valence-corrected chi connectivity index (χ0v) is 17.2. The molecular formula is C25H27N3O2. The van der Waals surface area contributed by atoms with Crippen molar-refractivity contribution in [3.63, 3.8) is 0 Å². The molecule has 3 aromatic rings. The van der Waals surface area contributed by atoms with Gasteiger partial charge in [0, 0.05) is 30.9 Å². The maximum atomic E-state index is 13.8. The highest BCUT2D eigenvalue weighted by molar-refractivity contribution is 6.07. The Kier molecular flexibility index (Phi) is 6.42. The quantitative estimate of drug-likeness (QED) is 0.664. The van der Waals surface area contributed by atoms with Crippen molar-refractivity contribution in [1.29, 1.82) is 0 Å². The fraction of sp³-hybridized carbons (Fsp3) is 0.240. The first-order valence-corrected chi connectivity index (χ1v) is 10.3. The first-order valence-electron chi connectivity index (χ1n) is 10.3. The lowest BCUT2D eigenvalue weighted by Crippen LogP contribution is -2.59. The summed E-state index contributed by atoms with van der Waals surface area (Å²) < 4.78 is 5.29. The second-order valence-electron chi connectivity index (χ2n) is 7.37. The summed E-state index contributed by atoms with van der Waals surface area (Å²) in [6.07, 6.45) is 0.597. The number of hydrogen-bond acceptors (Lipinski definition) is 4. The van der Waals surface area contributed by atoms with E-state index in [1.807, 2.05) is 71.6 Å². The molecule has 0 radical (unpaired) electrons. The molecule has 1 unspecified atom stereocenters. The monoisotopic (exact) mass is 401 g/mol. The molecule has 1 aliphatic rings. The average molecular weight is 402 g/mol. The third-order valence-electron chi connectivity index (χ3n) is 5.39. The van der Waals surface area contributed by atoms with Crippen LogP contribution in [0.3, 0.4) is 0 Å². The molecule has 4 rings (SSSR count). The summed E-state index contributed by atoms with van der Waals surface area (Å²) in [4.78, 5) is 15.7. The van der Waals surface area contributed by atoms with Crippen molar-refractivity contribution in [2.75, 3.05) is 31.6 Å². The van der Waals surface area contributed by atoms with Crippen LogP contribution in [0.2, 0.25) is 0 Å².